The average Bonchev–Trinajstić information content (AvgIpc) is 3.35. The largest absolute Gasteiger partial charge is 0.454 e. The highest BCUT2D eigenvalue weighted by Gasteiger charge is 2.22. The predicted octanol–water partition coefficient (Wildman–Crippen LogP) is 2.40. The van der Waals surface area contributed by atoms with Crippen LogP contribution < -0.4 is 20.5 Å². The Kier molecular flexibility index (Phi) is 5.57. The van der Waals surface area contributed by atoms with E-state index >= 15 is 0 Å². The third kappa shape index (κ3) is 4.23. The highest BCUT2D eigenvalue weighted by Crippen LogP contribution is 2.34. The number of carbonyl (C=O) groups excluding carboxylic acids is 2. The summed E-state index contributed by atoms with van der Waals surface area (Å²) in [7, 11) is 0. The molecule has 9 nitrogen and oxygen atoms in total. The maximum Gasteiger partial charge on any atom is 0.318 e. The molecule has 30 heavy (non-hydrogen) atoms. The first-order valence-electron chi connectivity index (χ1n) is 9.15. The van der Waals surface area contributed by atoms with Crippen molar-refractivity contribution in [2.24, 2.45) is 5.73 Å². The van der Waals surface area contributed by atoms with E-state index in [9.17, 15) is 9.59 Å². The quantitative estimate of drug-likeness (QED) is 0.582. The van der Waals surface area contributed by atoms with E-state index in [2.05, 4.69) is 15.5 Å². The molecule has 0 fully saturated rings. The van der Waals surface area contributed by atoms with Gasteiger partial charge in [-0.2, -0.15) is 0 Å². The highest BCUT2D eigenvalue weighted by atomic mass is 32.2. The Morgan fingerprint density at radius 3 is 2.70 bits per heavy atom. The van der Waals surface area contributed by atoms with Crippen molar-refractivity contribution >= 4 is 23.7 Å². The number of aromatic nitrogens is 3. The number of rotatable bonds is 6. The highest BCUT2D eigenvalue weighted by molar-refractivity contribution is 8.00. The lowest BCUT2D eigenvalue weighted by atomic mass is 10.2. The van der Waals surface area contributed by atoms with Gasteiger partial charge in [0.05, 0.1) is 11.8 Å². The van der Waals surface area contributed by atoms with Crippen LogP contribution in [0.15, 0.2) is 53.7 Å². The Labute approximate surface area is 176 Å². The molecule has 0 saturated carbocycles. The number of fused-ring (bicyclic) bond motifs is 1. The SMILES string of the molecule is C[C@H](Sc1nnc(-c2ccccc2)n1Cc1ccc2c(c1)OCO2)C(=O)NC(N)=O. The second-order valence-electron chi connectivity index (χ2n) is 6.56. The van der Waals surface area contributed by atoms with Gasteiger partial charge in [-0.05, 0) is 24.6 Å². The zero-order valence-corrected chi connectivity index (χ0v) is 16.9. The zero-order chi connectivity index (χ0) is 21.1. The minimum Gasteiger partial charge on any atom is -0.454 e. The first-order valence-corrected chi connectivity index (χ1v) is 10.0. The smallest absolute Gasteiger partial charge is 0.318 e. The number of urea groups is 1. The number of primary amides is 1. The van der Waals surface area contributed by atoms with Crippen molar-refractivity contribution in [2.45, 2.75) is 23.9 Å². The topological polar surface area (TPSA) is 121 Å². The molecule has 0 aliphatic carbocycles. The summed E-state index contributed by atoms with van der Waals surface area (Å²) in [6.45, 7) is 2.33. The Morgan fingerprint density at radius 1 is 1.17 bits per heavy atom. The lowest BCUT2D eigenvalue weighted by Crippen LogP contribution is -2.39. The number of thioether (sulfide) groups is 1. The van der Waals surface area contributed by atoms with Gasteiger partial charge in [0.15, 0.2) is 22.5 Å². The van der Waals surface area contributed by atoms with Crippen LogP contribution in [0, 0.1) is 0 Å². The van der Waals surface area contributed by atoms with Gasteiger partial charge in [0, 0.05) is 5.56 Å². The second-order valence-corrected chi connectivity index (χ2v) is 7.87. The summed E-state index contributed by atoms with van der Waals surface area (Å²) in [4.78, 5) is 23.1. The fourth-order valence-electron chi connectivity index (χ4n) is 2.98. The minimum atomic E-state index is -0.890. The maximum atomic E-state index is 12.1. The first kappa shape index (κ1) is 19.8. The molecule has 0 unspecified atom stereocenters. The standard InChI is InChI=1S/C20H19N5O4S/c1-12(18(26)22-19(21)27)30-20-24-23-17(14-5-3-2-4-6-14)25(20)10-13-7-8-15-16(9-13)29-11-28-15/h2-9,12H,10-11H2,1H3,(H3,21,22,26,27)/t12-/m0/s1. The molecule has 1 aliphatic rings. The molecule has 4 rings (SSSR count). The first-order chi connectivity index (χ1) is 14.5. The van der Waals surface area contributed by atoms with E-state index in [1.165, 1.54) is 11.8 Å². The van der Waals surface area contributed by atoms with Gasteiger partial charge in [-0.1, -0.05) is 48.2 Å². The summed E-state index contributed by atoms with van der Waals surface area (Å²) in [6, 6.07) is 14.5. The van der Waals surface area contributed by atoms with Crippen LogP contribution in [0.5, 0.6) is 11.5 Å². The number of carbonyl (C=O) groups is 2. The monoisotopic (exact) mass is 425 g/mol. The Morgan fingerprint density at radius 2 is 1.93 bits per heavy atom. The average molecular weight is 425 g/mol. The molecule has 2 heterocycles. The van der Waals surface area contributed by atoms with E-state index < -0.39 is 17.2 Å². The van der Waals surface area contributed by atoms with Gasteiger partial charge in [0.1, 0.15) is 0 Å². The van der Waals surface area contributed by atoms with Crippen LogP contribution in [0.4, 0.5) is 4.79 Å². The molecule has 1 atom stereocenters. The fourth-order valence-corrected chi connectivity index (χ4v) is 3.82. The molecule has 0 radical (unpaired) electrons. The number of amides is 3. The maximum absolute atomic E-state index is 12.1. The van der Waals surface area contributed by atoms with Crippen molar-refractivity contribution in [2.75, 3.05) is 6.79 Å². The third-order valence-electron chi connectivity index (χ3n) is 4.42. The molecule has 3 amide bonds. The summed E-state index contributed by atoms with van der Waals surface area (Å²) in [6.07, 6.45) is 0. The van der Waals surface area contributed by atoms with Gasteiger partial charge in [-0.25, -0.2) is 4.79 Å². The van der Waals surface area contributed by atoms with Crippen LogP contribution in [-0.4, -0.2) is 38.7 Å². The Bertz CT molecular complexity index is 1090. The molecule has 2 aromatic carbocycles. The van der Waals surface area contributed by atoms with Crippen LogP contribution in [0.25, 0.3) is 11.4 Å². The molecule has 154 valence electrons. The van der Waals surface area contributed by atoms with E-state index in [-0.39, 0.29) is 6.79 Å². The predicted molar refractivity (Wildman–Crippen MR) is 110 cm³/mol. The number of hydrogen-bond donors (Lipinski definition) is 2. The summed E-state index contributed by atoms with van der Waals surface area (Å²) in [5.41, 5.74) is 6.91. The van der Waals surface area contributed by atoms with Gasteiger partial charge in [0.2, 0.25) is 12.7 Å². The van der Waals surface area contributed by atoms with E-state index in [0.717, 1.165) is 11.1 Å². The van der Waals surface area contributed by atoms with Crippen molar-refractivity contribution in [1.82, 2.24) is 20.1 Å². The van der Waals surface area contributed by atoms with Gasteiger partial charge < -0.3 is 15.2 Å². The lowest BCUT2D eigenvalue weighted by Gasteiger charge is -2.13. The van der Waals surface area contributed by atoms with Crippen LogP contribution in [0.2, 0.25) is 0 Å². The van der Waals surface area contributed by atoms with Crippen LogP contribution in [0.1, 0.15) is 12.5 Å². The third-order valence-corrected chi connectivity index (χ3v) is 5.50. The summed E-state index contributed by atoms with van der Waals surface area (Å²) in [5.74, 6) is 1.56. The molecular weight excluding hydrogens is 406 g/mol. The Balaban J connectivity index is 1.66. The number of benzene rings is 2. The number of nitrogens with one attached hydrogen (secondary N) is 1. The number of imide groups is 1. The van der Waals surface area contributed by atoms with Gasteiger partial charge in [-0.3, -0.25) is 14.7 Å². The molecule has 0 spiro atoms. The normalized spacial score (nSPS) is 13.1. The number of hydrogen-bond acceptors (Lipinski definition) is 7. The molecule has 10 heteroatoms. The molecule has 3 aromatic rings. The van der Waals surface area contributed by atoms with E-state index in [1.807, 2.05) is 53.1 Å². The Hall–Kier alpha value is -3.53. The number of nitrogens with two attached hydrogens (primary N) is 1. The molecule has 1 aliphatic heterocycles. The van der Waals surface area contributed by atoms with E-state index in [1.54, 1.807) is 6.92 Å². The van der Waals surface area contributed by atoms with Crippen molar-refractivity contribution < 1.29 is 19.1 Å². The minimum absolute atomic E-state index is 0.203. The molecule has 0 saturated heterocycles. The zero-order valence-electron chi connectivity index (χ0n) is 16.1. The van der Waals surface area contributed by atoms with Crippen molar-refractivity contribution in [3.63, 3.8) is 0 Å². The van der Waals surface area contributed by atoms with Gasteiger partial charge >= 0.3 is 6.03 Å². The van der Waals surface area contributed by atoms with Crippen LogP contribution in [-0.2, 0) is 11.3 Å². The molecule has 0 bridgehead atoms. The van der Waals surface area contributed by atoms with Crippen molar-refractivity contribution in [3.8, 4) is 22.9 Å². The van der Waals surface area contributed by atoms with Crippen LogP contribution in [0.3, 0.4) is 0 Å². The number of nitrogens with zero attached hydrogens (tertiary/aromatic N) is 3. The molecule has 1 aromatic heterocycles. The number of ether oxygens (including phenoxy) is 2. The summed E-state index contributed by atoms with van der Waals surface area (Å²) < 4.78 is 12.8. The second kappa shape index (κ2) is 8.46. The van der Waals surface area contributed by atoms with E-state index in [0.29, 0.717) is 29.0 Å². The molecule has 3 N–H and O–H groups in total. The van der Waals surface area contributed by atoms with Gasteiger partial charge in [-0.15, -0.1) is 10.2 Å². The fraction of sp³-hybridized carbons (Fsp3) is 0.200. The summed E-state index contributed by atoms with van der Waals surface area (Å²) >= 11 is 1.19. The summed E-state index contributed by atoms with van der Waals surface area (Å²) in [5, 5.41) is 10.7. The van der Waals surface area contributed by atoms with Gasteiger partial charge in [0.25, 0.3) is 0 Å². The van der Waals surface area contributed by atoms with Crippen molar-refractivity contribution in [3.05, 3.63) is 54.1 Å². The van der Waals surface area contributed by atoms with Crippen molar-refractivity contribution in [1.29, 1.82) is 0 Å². The van der Waals surface area contributed by atoms with Crippen LogP contribution >= 0.6 is 11.8 Å². The van der Waals surface area contributed by atoms with E-state index in [4.69, 9.17) is 15.2 Å². The lowest BCUT2D eigenvalue weighted by molar-refractivity contribution is -0.119. The molecular formula is C20H19N5O4S.